The van der Waals surface area contributed by atoms with Crippen LogP contribution in [-0.2, 0) is 6.18 Å². The molecule has 2 heterocycles. The van der Waals surface area contributed by atoms with Gasteiger partial charge in [-0.3, -0.25) is 5.10 Å². The maximum atomic E-state index is 14.9. The molecule has 1 aliphatic carbocycles. The topological polar surface area (TPSA) is 78.5 Å². The Labute approximate surface area is 182 Å². The average Bonchev–Trinajstić information content (AvgIpc) is 3.15. The molecule has 1 aromatic carbocycles. The summed E-state index contributed by atoms with van der Waals surface area (Å²) in [6.45, 7) is 3.63. The SMILES string of the molecule is Cc1cc(Nc2nc(Nc3cc(C)c(C4CCCCC4)cc3F)ncc2C(F)(F)F)n[nH]1. The molecule has 1 fully saturated rings. The van der Waals surface area contributed by atoms with E-state index in [1.165, 1.54) is 12.5 Å². The van der Waals surface area contributed by atoms with Gasteiger partial charge in [-0.1, -0.05) is 19.3 Å². The molecule has 0 bridgehead atoms. The third-order valence-corrected chi connectivity index (χ3v) is 5.69. The number of aryl methyl sites for hydroxylation is 2. The Morgan fingerprint density at radius 2 is 1.78 bits per heavy atom. The van der Waals surface area contributed by atoms with E-state index in [0.29, 0.717) is 17.8 Å². The highest BCUT2D eigenvalue weighted by Gasteiger charge is 2.35. The van der Waals surface area contributed by atoms with Gasteiger partial charge in [-0.15, -0.1) is 0 Å². The molecule has 6 nitrogen and oxygen atoms in total. The van der Waals surface area contributed by atoms with Crippen LogP contribution in [0.15, 0.2) is 24.4 Å². The molecule has 4 rings (SSSR count). The zero-order valence-electron chi connectivity index (χ0n) is 17.8. The lowest BCUT2D eigenvalue weighted by molar-refractivity contribution is -0.137. The molecule has 1 aliphatic rings. The second kappa shape index (κ2) is 8.76. The van der Waals surface area contributed by atoms with Crippen LogP contribution in [0.3, 0.4) is 0 Å². The van der Waals surface area contributed by atoms with Crippen molar-refractivity contribution in [2.75, 3.05) is 10.6 Å². The normalized spacial score (nSPS) is 15.1. The number of hydrogen-bond acceptors (Lipinski definition) is 5. The molecule has 0 spiro atoms. The standard InChI is InChI=1S/C22H24F4N6/c1-12-8-18(17(23)10-15(12)14-6-4-3-5-7-14)28-21-27-11-16(22(24,25)26)20(30-21)29-19-9-13(2)31-32-19/h8-11,14H,3-7H2,1-2H3,(H3,27,28,29,30,31,32). The van der Waals surface area contributed by atoms with Crippen LogP contribution < -0.4 is 10.6 Å². The number of aromatic amines is 1. The van der Waals surface area contributed by atoms with E-state index in [1.807, 2.05) is 6.92 Å². The number of halogens is 4. The molecule has 0 aliphatic heterocycles. The largest absolute Gasteiger partial charge is 0.421 e. The van der Waals surface area contributed by atoms with Gasteiger partial charge >= 0.3 is 6.18 Å². The van der Waals surface area contributed by atoms with Crippen LogP contribution in [0.2, 0.25) is 0 Å². The van der Waals surface area contributed by atoms with Crippen molar-refractivity contribution < 1.29 is 17.6 Å². The molecule has 3 N–H and O–H groups in total. The third-order valence-electron chi connectivity index (χ3n) is 5.69. The fourth-order valence-corrected chi connectivity index (χ4v) is 4.11. The van der Waals surface area contributed by atoms with Crippen LogP contribution in [0.25, 0.3) is 0 Å². The number of nitrogens with zero attached hydrogens (tertiary/aromatic N) is 3. The van der Waals surface area contributed by atoms with Gasteiger partial charge in [0, 0.05) is 18.0 Å². The Balaban J connectivity index is 1.62. The molecule has 1 saturated carbocycles. The number of aromatic nitrogens is 4. The quantitative estimate of drug-likeness (QED) is 0.388. The molecular formula is C22H24F4N6. The molecule has 0 unspecified atom stereocenters. The maximum absolute atomic E-state index is 14.9. The number of benzene rings is 1. The summed E-state index contributed by atoms with van der Waals surface area (Å²) in [5, 5.41) is 11.8. The molecular weight excluding hydrogens is 424 g/mol. The van der Waals surface area contributed by atoms with Crippen molar-refractivity contribution in [3.8, 4) is 0 Å². The first-order valence-electron chi connectivity index (χ1n) is 10.5. The van der Waals surface area contributed by atoms with Gasteiger partial charge in [0.05, 0.1) is 5.69 Å². The average molecular weight is 448 g/mol. The summed E-state index contributed by atoms with van der Waals surface area (Å²) in [6, 6.07) is 4.72. The van der Waals surface area contributed by atoms with Gasteiger partial charge < -0.3 is 10.6 Å². The van der Waals surface area contributed by atoms with Gasteiger partial charge in [0.25, 0.3) is 0 Å². The zero-order chi connectivity index (χ0) is 22.9. The Morgan fingerprint density at radius 3 is 2.44 bits per heavy atom. The molecule has 0 atom stereocenters. The first kappa shape index (κ1) is 22.0. The number of alkyl halides is 3. The number of hydrogen-bond donors (Lipinski definition) is 3. The summed E-state index contributed by atoms with van der Waals surface area (Å²) in [7, 11) is 0. The lowest BCUT2D eigenvalue weighted by atomic mass is 9.82. The minimum Gasteiger partial charge on any atom is -0.323 e. The molecule has 2 aromatic heterocycles. The highest BCUT2D eigenvalue weighted by Crippen LogP contribution is 2.37. The second-order valence-electron chi connectivity index (χ2n) is 8.16. The van der Waals surface area contributed by atoms with Crippen molar-refractivity contribution in [3.05, 3.63) is 52.6 Å². The summed E-state index contributed by atoms with van der Waals surface area (Å²) < 4.78 is 55.1. The van der Waals surface area contributed by atoms with Crippen LogP contribution in [-0.4, -0.2) is 20.2 Å². The minimum atomic E-state index is -4.67. The first-order valence-corrected chi connectivity index (χ1v) is 10.5. The molecule has 0 saturated heterocycles. The summed E-state index contributed by atoms with van der Waals surface area (Å²) in [5.41, 5.74) is 1.65. The number of nitrogens with one attached hydrogen (secondary N) is 3. The monoisotopic (exact) mass is 448 g/mol. The van der Waals surface area contributed by atoms with Crippen LogP contribution in [0, 0.1) is 19.7 Å². The van der Waals surface area contributed by atoms with Crippen LogP contribution in [0.1, 0.15) is 60.4 Å². The number of rotatable bonds is 5. The third kappa shape index (κ3) is 4.84. The Bertz CT molecular complexity index is 1100. The van der Waals surface area contributed by atoms with Crippen molar-refractivity contribution in [1.82, 2.24) is 20.2 Å². The Kier molecular flexibility index (Phi) is 6.03. The van der Waals surface area contributed by atoms with E-state index in [-0.39, 0.29) is 17.5 Å². The molecule has 32 heavy (non-hydrogen) atoms. The Hall–Kier alpha value is -3.17. The van der Waals surface area contributed by atoms with E-state index in [2.05, 4.69) is 30.8 Å². The fraction of sp³-hybridized carbons (Fsp3) is 0.409. The zero-order valence-corrected chi connectivity index (χ0v) is 17.8. The maximum Gasteiger partial charge on any atom is 0.421 e. The molecule has 10 heteroatoms. The van der Waals surface area contributed by atoms with E-state index >= 15 is 0 Å². The van der Waals surface area contributed by atoms with Gasteiger partial charge in [-0.25, -0.2) is 9.37 Å². The van der Waals surface area contributed by atoms with Crippen molar-refractivity contribution in [2.45, 2.75) is 58.0 Å². The molecule has 0 radical (unpaired) electrons. The van der Waals surface area contributed by atoms with E-state index in [1.54, 1.807) is 19.1 Å². The summed E-state index contributed by atoms with van der Waals surface area (Å²) in [5.74, 6) is -0.606. The molecule has 3 aromatic rings. The minimum absolute atomic E-state index is 0.114. The second-order valence-corrected chi connectivity index (χ2v) is 8.16. The highest BCUT2D eigenvalue weighted by atomic mass is 19.4. The summed E-state index contributed by atoms with van der Waals surface area (Å²) >= 11 is 0. The lowest BCUT2D eigenvalue weighted by Crippen LogP contribution is -2.13. The fourth-order valence-electron chi connectivity index (χ4n) is 4.11. The van der Waals surface area contributed by atoms with Gasteiger partial charge in [-0.2, -0.15) is 23.3 Å². The highest BCUT2D eigenvalue weighted by molar-refractivity contribution is 5.62. The summed E-state index contributed by atoms with van der Waals surface area (Å²) in [6.07, 6.45) is 1.55. The van der Waals surface area contributed by atoms with E-state index in [4.69, 9.17) is 0 Å². The molecule has 0 amide bonds. The first-order chi connectivity index (χ1) is 15.2. The number of anilines is 4. The van der Waals surface area contributed by atoms with Crippen molar-refractivity contribution in [2.24, 2.45) is 0 Å². The van der Waals surface area contributed by atoms with Gasteiger partial charge in [0.2, 0.25) is 5.95 Å². The molecule has 170 valence electrons. The van der Waals surface area contributed by atoms with Crippen LogP contribution >= 0.6 is 0 Å². The predicted molar refractivity (Wildman–Crippen MR) is 114 cm³/mol. The summed E-state index contributed by atoms with van der Waals surface area (Å²) in [4.78, 5) is 7.70. The smallest absolute Gasteiger partial charge is 0.323 e. The van der Waals surface area contributed by atoms with E-state index in [0.717, 1.165) is 36.8 Å². The Morgan fingerprint density at radius 1 is 1.03 bits per heavy atom. The van der Waals surface area contributed by atoms with E-state index < -0.39 is 23.4 Å². The van der Waals surface area contributed by atoms with Crippen molar-refractivity contribution in [3.63, 3.8) is 0 Å². The predicted octanol–water partition coefficient (Wildman–Crippen LogP) is 6.51. The van der Waals surface area contributed by atoms with Crippen LogP contribution in [0.5, 0.6) is 0 Å². The van der Waals surface area contributed by atoms with Crippen LogP contribution in [0.4, 0.5) is 40.8 Å². The van der Waals surface area contributed by atoms with Gasteiger partial charge in [-0.05, 0) is 55.9 Å². The van der Waals surface area contributed by atoms with Crippen molar-refractivity contribution >= 4 is 23.3 Å². The van der Waals surface area contributed by atoms with Gasteiger partial charge in [0.1, 0.15) is 17.2 Å². The van der Waals surface area contributed by atoms with Gasteiger partial charge in [0.15, 0.2) is 5.82 Å². The number of H-pyrrole nitrogens is 1. The lowest BCUT2D eigenvalue weighted by Gasteiger charge is -2.24. The van der Waals surface area contributed by atoms with E-state index in [9.17, 15) is 17.6 Å². The van der Waals surface area contributed by atoms with Crippen molar-refractivity contribution in [1.29, 1.82) is 0 Å².